The number of nitrogens with one attached hydrogen (secondary N) is 1. The third-order valence-corrected chi connectivity index (χ3v) is 4.76. The summed E-state index contributed by atoms with van der Waals surface area (Å²) >= 11 is 1.06. The molecule has 0 radical (unpaired) electrons. The summed E-state index contributed by atoms with van der Waals surface area (Å²) in [6, 6.07) is 7.02. The maximum atomic E-state index is 12.4. The van der Waals surface area contributed by atoms with Crippen molar-refractivity contribution in [1.29, 1.82) is 0 Å². The van der Waals surface area contributed by atoms with Crippen molar-refractivity contribution in [2.24, 2.45) is 5.92 Å². The number of aromatic nitrogens is 3. The van der Waals surface area contributed by atoms with Gasteiger partial charge in [-0.1, -0.05) is 30.5 Å². The maximum Gasteiger partial charge on any atom is 0.420 e. The van der Waals surface area contributed by atoms with Gasteiger partial charge in [0.1, 0.15) is 4.88 Å². The Kier molecular flexibility index (Phi) is 4.48. The van der Waals surface area contributed by atoms with E-state index in [2.05, 4.69) is 14.9 Å². The molecule has 0 unspecified atom stereocenters. The topological polar surface area (TPSA) is 90.0 Å². The molecule has 24 heavy (non-hydrogen) atoms. The van der Waals surface area contributed by atoms with Crippen LogP contribution in [0, 0.1) is 12.8 Å². The standard InChI is InChI=1S/C16H18N4O3S/c1-9(2)11(17-15(21)14-10(3)18-19-24-14)8-20-12-6-4-5-7-13(12)23-16(20)22/h4-7,9,11H,8H2,1-3H3,(H,17,21)/t11-/m0/s1. The molecule has 7 nitrogen and oxygen atoms in total. The fourth-order valence-electron chi connectivity index (χ4n) is 2.48. The molecule has 3 rings (SSSR count). The Labute approximate surface area is 142 Å². The number of fused-ring (bicyclic) bond motifs is 1. The number of rotatable bonds is 5. The van der Waals surface area contributed by atoms with Gasteiger partial charge in [0.15, 0.2) is 5.58 Å². The number of aryl methyl sites for hydroxylation is 1. The molecule has 0 aliphatic rings. The molecule has 0 saturated heterocycles. The van der Waals surface area contributed by atoms with Gasteiger partial charge in [0, 0.05) is 12.6 Å². The molecule has 1 amide bonds. The number of benzene rings is 1. The summed E-state index contributed by atoms with van der Waals surface area (Å²) in [4.78, 5) is 25.0. The van der Waals surface area contributed by atoms with E-state index in [9.17, 15) is 9.59 Å². The lowest BCUT2D eigenvalue weighted by Crippen LogP contribution is -2.42. The zero-order chi connectivity index (χ0) is 17.3. The number of hydrogen-bond acceptors (Lipinski definition) is 6. The van der Waals surface area contributed by atoms with Crippen molar-refractivity contribution in [3.63, 3.8) is 0 Å². The van der Waals surface area contributed by atoms with Crippen LogP contribution in [0.2, 0.25) is 0 Å². The predicted octanol–water partition coefficient (Wildman–Crippen LogP) is 2.21. The Morgan fingerprint density at radius 2 is 2.12 bits per heavy atom. The summed E-state index contributed by atoms with van der Waals surface area (Å²) in [6.07, 6.45) is 0. The Bertz CT molecular complexity index is 925. The highest BCUT2D eigenvalue weighted by molar-refractivity contribution is 7.08. The van der Waals surface area contributed by atoms with Crippen LogP contribution in [0.3, 0.4) is 0 Å². The van der Waals surface area contributed by atoms with Crippen LogP contribution in [-0.4, -0.2) is 26.1 Å². The highest BCUT2D eigenvalue weighted by Gasteiger charge is 2.22. The van der Waals surface area contributed by atoms with Gasteiger partial charge >= 0.3 is 5.76 Å². The lowest BCUT2D eigenvalue weighted by atomic mass is 10.0. The van der Waals surface area contributed by atoms with Crippen LogP contribution in [0.15, 0.2) is 33.5 Å². The first-order chi connectivity index (χ1) is 11.5. The van der Waals surface area contributed by atoms with Crippen molar-refractivity contribution in [1.82, 2.24) is 19.5 Å². The number of hydrogen-bond donors (Lipinski definition) is 1. The summed E-state index contributed by atoms with van der Waals surface area (Å²) in [5, 5.41) is 6.84. The van der Waals surface area contributed by atoms with Crippen molar-refractivity contribution in [3.8, 4) is 0 Å². The first kappa shape index (κ1) is 16.4. The summed E-state index contributed by atoms with van der Waals surface area (Å²) in [5.41, 5.74) is 1.86. The second kappa shape index (κ2) is 6.56. The third kappa shape index (κ3) is 3.09. The van der Waals surface area contributed by atoms with E-state index in [-0.39, 0.29) is 17.9 Å². The molecule has 2 aromatic heterocycles. The van der Waals surface area contributed by atoms with Crippen LogP contribution in [-0.2, 0) is 6.54 Å². The fraction of sp³-hybridized carbons (Fsp3) is 0.375. The molecule has 8 heteroatoms. The average molecular weight is 346 g/mol. The van der Waals surface area contributed by atoms with Crippen molar-refractivity contribution >= 4 is 28.5 Å². The molecule has 3 aromatic rings. The number of carbonyl (C=O) groups is 1. The molecule has 1 atom stereocenters. The first-order valence-electron chi connectivity index (χ1n) is 7.65. The molecular formula is C16H18N4O3S. The van der Waals surface area contributed by atoms with Gasteiger partial charge in [0.25, 0.3) is 5.91 Å². The van der Waals surface area contributed by atoms with Crippen LogP contribution < -0.4 is 11.1 Å². The van der Waals surface area contributed by atoms with Crippen molar-refractivity contribution < 1.29 is 9.21 Å². The van der Waals surface area contributed by atoms with E-state index in [4.69, 9.17) is 4.42 Å². The van der Waals surface area contributed by atoms with Crippen LogP contribution >= 0.6 is 11.5 Å². The Hall–Kier alpha value is -2.48. The van der Waals surface area contributed by atoms with Crippen LogP contribution in [0.1, 0.15) is 29.2 Å². The van der Waals surface area contributed by atoms with Gasteiger partial charge in [0.2, 0.25) is 0 Å². The fourth-order valence-corrected chi connectivity index (χ4v) is 3.04. The van der Waals surface area contributed by atoms with Crippen molar-refractivity contribution in [2.45, 2.75) is 33.4 Å². The van der Waals surface area contributed by atoms with E-state index in [1.54, 1.807) is 17.6 Å². The quantitative estimate of drug-likeness (QED) is 0.765. The molecule has 0 aliphatic carbocycles. The van der Waals surface area contributed by atoms with Gasteiger partial charge in [-0.2, -0.15) is 0 Å². The number of para-hydroxylation sites is 2. The SMILES string of the molecule is Cc1nnsc1C(=O)N[C@@H](Cn1c(=O)oc2ccccc21)C(C)C. The van der Waals surface area contributed by atoms with E-state index in [0.717, 1.165) is 17.0 Å². The molecule has 126 valence electrons. The van der Waals surface area contributed by atoms with Crippen LogP contribution in [0.5, 0.6) is 0 Å². The lowest BCUT2D eigenvalue weighted by molar-refractivity contribution is 0.0923. The van der Waals surface area contributed by atoms with Crippen molar-refractivity contribution in [3.05, 3.63) is 45.4 Å². The van der Waals surface area contributed by atoms with Gasteiger partial charge in [-0.3, -0.25) is 9.36 Å². The Morgan fingerprint density at radius 3 is 2.79 bits per heavy atom. The average Bonchev–Trinajstić information content (AvgIpc) is 3.10. The molecule has 0 saturated carbocycles. The number of oxazole rings is 1. The summed E-state index contributed by atoms with van der Waals surface area (Å²) in [7, 11) is 0. The van der Waals surface area contributed by atoms with Crippen LogP contribution in [0.25, 0.3) is 11.1 Å². The van der Waals surface area contributed by atoms with E-state index < -0.39 is 5.76 Å². The lowest BCUT2D eigenvalue weighted by Gasteiger charge is -2.22. The molecule has 0 spiro atoms. The zero-order valence-electron chi connectivity index (χ0n) is 13.6. The minimum atomic E-state index is -0.424. The predicted molar refractivity (Wildman–Crippen MR) is 91.2 cm³/mol. The number of amides is 1. The van der Waals surface area contributed by atoms with Crippen molar-refractivity contribution in [2.75, 3.05) is 0 Å². The largest absolute Gasteiger partial charge is 0.420 e. The Morgan fingerprint density at radius 1 is 1.38 bits per heavy atom. The molecule has 2 heterocycles. The highest BCUT2D eigenvalue weighted by Crippen LogP contribution is 2.15. The monoisotopic (exact) mass is 346 g/mol. The second-order valence-electron chi connectivity index (χ2n) is 5.96. The zero-order valence-corrected chi connectivity index (χ0v) is 14.5. The number of nitrogens with zero attached hydrogens (tertiary/aromatic N) is 3. The van der Waals surface area contributed by atoms with E-state index in [1.807, 2.05) is 32.0 Å². The van der Waals surface area contributed by atoms with E-state index in [0.29, 0.717) is 22.7 Å². The van der Waals surface area contributed by atoms with Gasteiger partial charge in [-0.05, 0) is 36.5 Å². The van der Waals surface area contributed by atoms with E-state index in [1.165, 1.54) is 0 Å². The van der Waals surface area contributed by atoms with Gasteiger partial charge in [0.05, 0.1) is 11.2 Å². The molecule has 1 N–H and O–H groups in total. The smallest absolute Gasteiger partial charge is 0.408 e. The van der Waals surface area contributed by atoms with Gasteiger partial charge < -0.3 is 9.73 Å². The first-order valence-corrected chi connectivity index (χ1v) is 8.43. The summed E-state index contributed by atoms with van der Waals surface area (Å²) < 4.78 is 10.6. The molecular weight excluding hydrogens is 328 g/mol. The second-order valence-corrected chi connectivity index (χ2v) is 6.71. The van der Waals surface area contributed by atoms with Crippen LogP contribution in [0.4, 0.5) is 0 Å². The Balaban J connectivity index is 1.86. The normalized spacial score (nSPS) is 12.7. The van der Waals surface area contributed by atoms with Gasteiger partial charge in [-0.25, -0.2) is 4.79 Å². The summed E-state index contributed by atoms with van der Waals surface area (Å²) in [6.45, 7) is 6.08. The maximum absolute atomic E-state index is 12.4. The molecule has 0 bridgehead atoms. The molecule has 0 fully saturated rings. The highest BCUT2D eigenvalue weighted by atomic mass is 32.1. The molecule has 0 aliphatic heterocycles. The van der Waals surface area contributed by atoms with Gasteiger partial charge in [-0.15, -0.1) is 5.10 Å². The number of carbonyl (C=O) groups excluding carboxylic acids is 1. The minimum Gasteiger partial charge on any atom is -0.408 e. The van der Waals surface area contributed by atoms with E-state index >= 15 is 0 Å². The summed E-state index contributed by atoms with van der Waals surface area (Å²) in [5.74, 6) is -0.510. The molecule has 1 aromatic carbocycles. The third-order valence-electron chi connectivity index (χ3n) is 3.93. The minimum absolute atomic E-state index is 0.135.